The molecule has 0 aliphatic heterocycles. The van der Waals surface area contributed by atoms with Crippen molar-refractivity contribution in [2.75, 3.05) is 45.7 Å². The maximum Gasteiger partial charge on any atom is 0.354 e. The van der Waals surface area contributed by atoms with Crippen LogP contribution in [0, 0.1) is 0 Å². The van der Waals surface area contributed by atoms with Gasteiger partial charge in [0.15, 0.2) is 0 Å². The van der Waals surface area contributed by atoms with E-state index in [1.54, 1.807) is 13.2 Å². The summed E-state index contributed by atoms with van der Waals surface area (Å²) < 4.78 is 4.98. The molecule has 0 fully saturated rings. The highest BCUT2D eigenvalue weighted by atomic mass is 16.5. The first-order valence-corrected chi connectivity index (χ1v) is 5.74. The molecule has 1 rings (SSSR count). The highest BCUT2D eigenvalue weighted by Crippen LogP contribution is 2.07. The Morgan fingerprint density at radius 1 is 1.56 bits per heavy atom. The number of rotatable bonds is 8. The zero-order chi connectivity index (χ0) is 13.4. The fourth-order valence-electron chi connectivity index (χ4n) is 1.41. The molecule has 1 aromatic heterocycles. The van der Waals surface area contributed by atoms with Crippen LogP contribution in [0.3, 0.4) is 0 Å². The molecule has 6 heteroatoms. The Kier molecular flexibility index (Phi) is 6.10. The van der Waals surface area contributed by atoms with Crippen LogP contribution in [0.4, 0.5) is 5.69 Å². The van der Waals surface area contributed by atoms with E-state index in [4.69, 9.17) is 9.84 Å². The van der Waals surface area contributed by atoms with Crippen LogP contribution >= 0.6 is 0 Å². The number of carbonyl (C=O) groups is 1. The summed E-state index contributed by atoms with van der Waals surface area (Å²) in [6.07, 6.45) is 1.49. The number of nitrogens with one attached hydrogen (secondary N) is 1. The number of methoxy groups -OCH3 is 1. The van der Waals surface area contributed by atoms with Crippen LogP contribution in [-0.2, 0) is 4.74 Å². The molecule has 0 aliphatic rings. The molecule has 0 spiro atoms. The number of likely N-dealkylation sites (N-methyl/N-ethyl adjacent to an activating group) is 1. The van der Waals surface area contributed by atoms with Crippen molar-refractivity contribution in [2.45, 2.75) is 0 Å². The van der Waals surface area contributed by atoms with Gasteiger partial charge in [-0.05, 0) is 19.2 Å². The van der Waals surface area contributed by atoms with Crippen molar-refractivity contribution >= 4 is 11.7 Å². The minimum Gasteiger partial charge on any atom is -0.477 e. The van der Waals surface area contributed by atoms with Crippen molar-refractivity contribution in [2.24, 2.45) is 0 Å². The number of hydrogen-bond acceptors (Lipinski definition) is 5. The van der Waals surface area contributed by atoms with Crippen LogP contribution < -0.4 is 5.32 Å². The van der Waals surface area contributed by atoms with Gasteiger partial charge in [-0.1, -0.05) is 0 Å². The predicted octanol–water partition coefficient (Wildman–Crippen LogP) is 0.770. The van der Waals surface area contributed by atoms with E-state index < -0.39 is 5.97 Å². The highest BCUT2D eigenvalue weighted by molar-refractivity contribution is 5.86. The normalized spacial score (nSPS) is 10.6. The maximum absolute atomic E-state index is 10.7. The van der Waals surface area contributed by atoms with E-state index in [1.807, 2.05) is 7.05 Å². The van der Waals surface area contributed by atoms with Gasteiger partial charge in [0.1, 0.15) is 5.69 Å². The van der Waals surface area contributed by atoms with Crippen LogP contribution in [0.2, 0.25) is 0 Å². The number of anilines is 1. The van der Waals surface area contributed by atoms with E-state index in [0.29, 0.717) is 6.61 Å². The van der Waals surface area contributed by atoms with Crippen molar-refractivity contribution < 1.29 is 14.6 Å². The van der Waals surface area contributed by atoms with Crippen LogP contribution in [0.5, 0.6) is 0 Å². The molecule has 100 valence electrons. The Morgan fingerprint density at radius 2 is 2.33 bits per heavy atom. The Balaban J connectivity index is 2.35. The smallest absolute Gasteiger partial charge is 0.354 e. The lowest BCUT2D eigenvalue weighted by molar-refractivity contribution is 0.0690. The van der Waals surface area contributed by atoms with Gasteiger partial charge in [-0.25, -0.2) is 9.78 Å². The largest absolute Gasteiger partial charge is 0.477 e. The van der Waals surface area contributed by atoms with Crippen molar-refractivity contribution in [3.05, 3.63) is 24.0 Å². The fourth-order valence-corrected chi connectivity index (χ4v) is 1.41. The number of carboxylic acids is 1. The van der Waals surface area contributed by atoms with Crippen LogP contribution in [0.15, 0.2) is 18.3 Å². The molecule has 6 nitrogen and oxygen atoms in total. The van der Waals surface area contributed by atoms with E-state index in [0.717, 1.165) is 25.3 Å². The molecule has 0 saturated carbocycles. The number of aromatic nitrogens is 1. The average Bonchev–Trinajstić information content (AvgIpc) is 2.36. The average molecular weight is 253 g/mol. The Labute approximate surface area is 107 Å². The number of aromatic carboxylic acids is 1. The molecule has 2 N–H and O–H groups in total. The molecule has 0 amide bonds. The summed E-state index contributed by atoms with van der Waals surface area (Å²) in [5.74, 6) is -1.02. The highest BCUT2D eigenvalue weighted by Gasteiger charge is 2.04. The summed E-state index contributed by atoms with van der Waals surface area (Å²) in [6.45, 7) is 3.17. The summed E-state index contributed by atoms with van der Waals surface area (Å²) in [5, 5.41) is 12.0. The van der Waals surface area contributed by atoms with Crippen molar-refractivity contribution in [3.8, 4) is 0 Å². The fraction of sp³-hybridized carbons (Fsp3) is 0.500. The lowest BCUT2D eigenvalue weighted by atomic mass is 10.3. The van der Waals surface area contributed by atoms with E-state index in [1.165, 1.54) is 12.3 Å². The van der Waals surface area contributed by atoms with Gasteiger partial charge in [-0.3, -0.25) is 0 Å². The molecule has 18 heavy (non-hydrogen) atoms. The second-order valence-corrected chi connectivity index (χ2v) is 3.96. The molecule has 1 aromatic rings. The summed E-state index contributed by atoms with van der Waals surface area (Å²) in [5.41, 5.74) is 0.815. The monoisotopic (exact) mass is 253 g/mol. The molecule has 0 radical (unpaired) electrons. The summed E-state index contributed by atoms with van der Waals surface area (Å²) >= 11 is 0. The van der Waals surface area contributed by atoms with Crippen molar-refractivity contribution in [3.63, 3.8) is 0 Å². The van der Waals surface area contributed by atoms with Gasteiger partial charge < -0.3 is 20.1 Å². The summed E-state index contributed by atoms with van der Waals surface area (Å²) in [4.78, 5) is 16.6. The SMILES string of the molecule is COCCN(C)CCNc1ccnc(C(=O)O)c1. The molecule has 1 heterocycles. The lowest BCUT2D eigenvalue weighted by Gasteiger charge is -2.16. The molecule has 0 unspecified atom stereocenters. The quantitative estimate of drug-likeness (QED) is 0.713. The first-order chi connectivity index (χ1) is 8.63. The van der Waals surface area contributed by atoms with Gasteiger partial charge in [0.25, 0.3) is 0 Å². The number of hydrogen-bond donors (Lipinski definition) is 2. The second kappa shape index (κ2) is 7.62. The van der Waals surface area contributed by atoms with Gasteiger partial charge in [0.2, 0.25) is 0 Å². The van der Waals surface area contributed by atoms with E-state index in [2.05, 4.69) is 15.2 Å². The third kappa shape index (κ3) is 5.11. The molecule has 0 bridgehead atoms. The van der Waals surface area contributed by atoms with E-state index in [-0.39, 0.29) is 5.69 Å². The van der Waals surface area contributed by atoms with Gasteiger partial charge in [0.05, 0.1) is 6.61 Å². The second-order valence-electron chi connectivity index (χ2n) is 3.96. The minimum absolute atomic E-state index is 0.0488. The molecule has 0 saturated heterocycles. The number of nitrogens with zero attached hydrogens (tertiary/aromatic N) is 2. The number of ether oxygens (including phenoxy) is 1. The maximum atomic E-state index is 10.7. The standard InChI is InChI=1S/C12H19N3O3/c1-15(7-8-18-2)6-5-13-10-3-4-14-11(9-10)12(16)17/h3-4,9H,5-8H2,1-2H3,(H,13,14)(H,16,17). The first-order valence-electron chi connectivity index (χ1n) is 5.74. The predicted molar refractivity (Wildman–Crippen MR) is 69.1 cm³/mol. The first kappa shape index (κ1) is 14.4. The third-order valence-electron chi connectivity index (χ3n) is 2.48. The topological polar surface area (TPSA) is 74.7 Å². The third-order valence-corrected chi connectivity index (χ3v) is 2.48. The molecule has 0 aromatic carbocycles. The zero-order valence-electron chi connectivity index (χ0n) is 10.7. The van der Waals surface area contributed by atoms with Crippen LogP contribution in [-0.4, -0.2) is 61.4 Å². The lowest BCUT2D eigenvalue weighted by Crippen LogP contribution is -2.28. The van der Waals surface area contributed by atoms with E-state index in [9.17, 15) is 4.79 Å². The van der Waals surface area contributed by atoms with Gasteiger partial charge in [-0.2, -0.15) is 0 Å². The molecule has 0 aliphatic carbocycles. The zero-order valence-corrected chi connectivity index (χ0v) is 10.7. The van der Waals surface area contributed by atoms with Gasteiger partial charge in [0, 0.05) is 38.6 Å². The van der Waals surface area contributed by atoms with Crippen LogP contribution in [0.1, 0.15) is 10.5 Å². The minimum atomic E-state index is -1.02. The molecule has 0 atom stereocenters. The molecular formula is C12H19N3O3. The van der Waals surface area contributed by atoms with Crippen molar-refractivity contribution in [1.82, 2.24) is 9.88 Å². The van der Waals surface area contributed by atoms with Gasteiger partial charge >= 0.3 is 5.97 Å². The molecular weight excluding hydrogens is 234 g/mol. The van der Waals surface area contributed by atoms with Gasteiger partial charge in [-0.15, -0.1) is 0 Å². The van der Waals surface area contributed by atoms with Crippen molar-refractivity contribution in [1.29, 1.82) is 0 Å². The Hall–Kier alpha value is -1.66. The number of carboxylic acid groups (broad SMARTS) is 1. The Morgan fingerprint density at radius 3 is 3.00 bits per heavy atom. The summed E-state index contributed by atoms with van der Waals surface area (Å²) in [6, 6.07) is 3.28. The van der Waals surface area contributed by atoms with E-state index >= 15 is 0 Å². The Bertz CT molecular complexity index is 385. The summed E-state index contributed by atoms with van der Waals surface area (Å²) in [7, 11) is 3.69. The number of pyridine rings is 1. The van der Waals surface area contributed by atoms with Crippen LogP contribution in [0.25, 0.3) is 0 Å².